The number of nitrogens with one attached hydrogen (secondary N) is 2. The van der Waals surface area contributed by atoms with Crippen molar-refractivity contribution in [2.45, 2.75) is 33.6 Å². The molecule has 2 N–H and O–H groups in total. The summed E-state index contributed by atoms with van der Waals surface area (Å²) in [6, 6.07) is 8.44. The van der Waals surface area contributed by atoms with Gasteiger partial charge in [-0.1, -0.05) is 38.1 Å². The van der Waals surface area contributed by atoms with Crippen LogP contribution in [0.2, 0.25) is 0 Å². The molecule has 1 saturated heterocycles. The summed E-state index contributed by atoms with van der Waals surface area (Å²) >= 11 is 0. The van der Waals surface area contributed by atoms with Crippen LogP contribution in [0, 0.1) is 5.41 Å². The molecule has 1 fully saturated rings. The van der Waals surface area contributed by atoms with Gasteiger partial charge < -0.3 is 5.43 Å². The zero-order valence-electron chi connectivity index (χ0n) is 11.4. The molecule has 1 aliphatic rings. The maximum absolute atomic E-state index is 11.6. The van der Waals surface area contributed by atoms with Crippen molar-refractivity contribution < 1.29 is 4.79 Å². The molecule has 0 saturated carbocycles. The third kappa shape index (κ3) is 2.26. The quantitative estimate of drug-likeness (QED) is 0.840. The molecule has 0 unspecified atom stereocenters. The number of carbonyl (C=O) groups is 1. The molecule has 18 heavy (non-hydrogen) atoms. The molecule has 1 heterocycles. The Morgan fingerprint density at radius 2 is 1.72 bits per heavy atom. The van der Waals surface area contributed by atoms with E-state index in [0.717, 1.165) is 11.3 Å². The second-order valence-electron chi connectivity index (χ2n) is 5.58. The van der Waals surface area contributed by atoms with Crippen molar-refractivity contribution in [3.05, 3.63) is 41.1 Å². The maximum Gasteiger partial charge on any atom is 0.249 e. The Labute approximate surface area is 108 Å². The number of benzene rings is 1. The van der Waals surface area contributed by atoms with Gasteiger partial charge in [0.1, 0.15) is 0 Å². The molecule has 1 aromatic carbocycles. The van der Waals surface area contributed by atoms with E-state index in [1.807, 2.05) is 19.9 Å². The van der Waals surface area contributed by atoms with Crippen molar-refractivity contribution in [1.29, 1.82) is 0 Å². The van der Waals surface area contributed by atoms with Gasteiger partial charge in [0.25, 0.3) is 0 Å². The standard InChI is InChI=1S/C15H20N2O/c1-10(2)12-7-5-11(6-8-12)9-13-15(3,4)14(18)17-16-13/h5-10,16H,1-4H3,(H,17,18)/b13-9-. The molecular formula is C15H20N2O. The number of amides is 1. The zero-order chi connectivity index (χ0) is 13.3. The van der Waals surface area contributed by atoms with E-state index in [1.165, 1.54) is 5.56 Å². The van der Waals surface area contributed by atoms with E-state index in [4.69, 9.17) is 0 Å². The van der Waals surface area contributed by atoms with Crippen molar-refractivity contribution in [1.82, 2.24) is 10.9 Å². The smallest absolute Gasteiger partial charge is 0.249 e. The molecule has 1 aliphatic heterocycles. The predicted octanol–water partition coefficient (Wildman–Crippen LogP) is 2.81. The highest BCUT2D eigenvalue weighted by Gasteiger charge is 2.37. The van der Waals surface area contributed by atoms with Crippen LogP contribution < -0.4 is 10.9 Å². The van der Waals surface area contributed by atoms with Gasteiger partial charge in [-0.3, -0.25) is 10.2 Å². The van der Waals surface area contributed by atoms with Gasteiger partial charge in [0.15, 0.2) is 0 Å². The summed E-state index contributed by atoms with van der Waals surface area (Å²) in [6.07, 6.45) is 2.02. The summed E-state index contributed by atoms with van der Waals surface area (Å²) < 4.78 is 0. The normalized spacial score (nSPS) is 20.1. The van der Waals surface area contributed by atoms with Crippen LogP contribution in [-0.4, -0.2) is 5.91 Å². The van der Waals surface area contributed by atoms with Gasteiger partial charge in [0.05, 0.1) is 5.41 Å². The summed E-state index contributed by atoms with van der Waals surface area (Å²) in [6.45, 7) is 8.18. The zero-order valence-corrected chi connectivity index (χ0v) is 11.4. The largest absolute Gasteiger partial charge is 0.302 e. The molecule has 0 spiro atoms. The van der Waals surface area contributed by atoms with Gasteiger partial charge in [0, 0.05) is 5.70 Å². The summed E-state index contributed by atoms with van der Waals surface area (Å²) in [5.41, 5.74) is 8.44. The topological polar surface area (TPSA) is 41.1 Å². The molecule has 3 heteroatoms. The van der Waals surface area contributed by atoms with Crippen LogP contribution in [-0.2, 0) is 4.79 Å². The Hall–Kier alpha value is -1.77. The second kappa shape index (κ2) is 4.48. The van der Waals surface area contributed by atoms with Gasteiger partial charge >= 0.3 is 0 Å². The van der Waals surface area contributed by atoms with Crippen LogP contribution in [0.15, 0.2) is 30.0 Å². The van der Waals surface area contributed by atoms with E-state index < -0.39 is 5.41 Å². The van der Waals surface area contributed by atoms with Gasteiger partial charge in [0.2, 0.25) is 5.91 Å². The van der Waals surface area contributed by atoms with Crippen LogP contribution in [0.4, 0.5) is 0 Å². The monoisotopic (exact) mass is 244 g/mol. The Morgan fingerprint density at radius 3 is 2.17 bits per heavy atom. The van der Waals surface area contributed by atoms with Crippen LogP contribution in [0.3, 0.4) is 0 Å². The molecule has 96 valence electrons. The molecule has 2 rings (SSSR count). The van der Waals surface area contributed by atoms with E-state index in [2.05, 4.69) is 49.0 Å². The SMILES string of the molecule is CC(C)c1ccc(/C=C2\NNC(=O)C2(C)C)cc1. The average Bonchev–Trinajstić information content (AvgIpc) is 2.57. The van der Waals surface area contributed by atoms with Crippen LogP contribution >= 0.6 is 0 Å². The summed E-state index contributed by atoms with van der Waals surface area (Å²) in [7, 11) is 0. The Kier molecular flexibility index (Phi) is 3.16. The number of carbonyl (C=O) groups excluding carboxylic acids is 1. The summed E-state index contributed by atoms with van der Waals surface area (Å²) in [4.78, 5) is 11.6. The van der Waals surface area contributed by atoms with Crippen LogP contribution in [0.25, 0.3) is 6.08 Å². The lowest BCUT2D eigenvalue weighted by molar-refractivity contribution is -0.125. The first-order valence-electron chi connectivity index (χ1n) is 6.30. The third-order valence-corrected chi connectivity index (χ3v) is 3.47. The number of rotatable bonds is 2. The van der Waals surface area contributed by atoms with Gasteiger partial charge in [-0.05, 0) is 37.0 Å². The van der Waals surface area contributed by atoms with Crippen molar-refractivity contribution in [3.63, 3.8) is 0 Å². The number of hydrogen-bond acceptors (Lipinski definition) is 2. The van der Waals surface area contributed by atoms with Crippen molar-refractivity contribution >= 4 is 12.0 Å². The van der Waals surface area contributed by atoms with Gasteiger partial charge in [-0.2, -0.15) is 0 Å². The molecule has 3 nitrogen and oxygen atoms in total. The first kappa shape index (κ1) is 12.7. The van der Waals surface area contributed by atoms with E-state index in [1.54, 1.807) is 0 Å². The Morgan fingerprint density at radius 1 is 1.11 bits per heavy atom. The third-order valence-electron chi connectivity index (χ3n) is 3.47. The lowest BCUT2D eigenvalue weighted by Crippen LogP contribution is -2.28. The second-order valence-corrected chi connectivity index (χ2v) is 5.58. The summed E-state index contributed by atoms with van der Waals surface area (Å²) in [5, 5.41) is 0. The minimum Gasteiger partial charge on any atom is -0.302 e. The van der Waals surface area contributed by atoms with Crippen LogP contribution in [0.5, 0.6) is 0 Å². The van der Waals surface area contributed by atoms with Crippen LogP contribution in [0.1, 0.15) is 44.7 Å². The number of hydrazine groups is 1. The fraction of sp³-hybridized carbons (Fsp3) is 0.400. The number of hydrogen-bond donors (Lipinski definition) is 2. The van der Waals surface area contributed by atoms with Crippen molar-refractivity contribution in [2.75, 3.05) is 0 Å². The van der Waals surface area contributed by atoms with E-state index >= 15 is 0 Å². The molecule has 1 amide bonds. The highest BCUT2D eigenvalue weighted by molar-refractivity contribution is 5.89. The molecular weight excluding hydrogens is 224 g/mol. The molecule has 0 radical (unpaired) electrons. The minimum atomic E-state index is -0.489. The van der Waals surface area contributed by atoms with Gasteiger partial charge in [-0.15, -0.1) is 0 Å². The highest BCUT2D eigenvalue weighted by Crippen LogP contribution is 2.29. The Balaban J connectivity index is 2.26. The van der Waals surface area contributed by atoms with E-state index in [-0.39, 0.29) is 5.91 Å². The lowest BCUT2D eigenvalue weighted by Gasteiger charge is -2.14. The molecule has 1 aromatic rings. The van der Waals surface area contributed by atoms with E-state index in [0.29, 0.717) is 5.92 Å². The maximum atomic E-state index is 11.6. The molecule has 0 bridgehead atoms. The average molecular weight is 244 g/mol. The molecule has 0 aliphatic carbocycles. The molecule has 0 aromatic heterocycles. The van der Waals surface area contributed by atoms with Crippen molar-refractivity contribution in [3.8, 4) is 0 Å². The fourth-order valence-electron chi connectivity index (χ4n) is 1.92. The summed E-state index contributed by atoms with van der Waals surface area (Å²) in [5.74, 6) is 0.545. The predicted molar refractivity (Wildman–Crippen MR) is 73.6 cm³/mol. The first-order chi connectivity index (χ1) is 8.41. The fourth-order valence-corrected chi connectivity index (χ4v) is 1.92. The molecule has 0 atom stereocenters. The Bertz CT molecular complexity index is 484. The van der Waals surface area contributed by atoms with Crippen molar-refractivity contribution in [2.24, 2.45) is 5.41 Å². The van der Waals surface area contributed by atoms with Gasteiger partial charge in [-0.25, -0.2) is 0 Å². The highest BCUT2D eigenvalue weighted by atomic mass is 16.2. The first-order valence-corrected chi connectivity index (χ1v) is 6.30. The minimum absolute atomic E-state index is 0.00699. The lowest BCUT2D eigenvalue weighted by atomic mass is 9.89. The van der Waals surface area contributed by atoms with E-state index in [9.17, 15) is 4.79 Å².